The fraction of sp³-hybridized carbons (Fsp3) is 0.143. The summed E-state index contributed by atoms with van der Waals surface area (Å²) in [6.45, 7) is 2.18. The molecule has 0 radical (unpaired) electrons. The lowest BCUT2D eigenvalue weighted by molar-refractivity contribution is -0.132. The van der Waals surface area contributed by atoms with Gasteiger partial charge in [0.15, 0.2) is 0 Å². The molecule has 0 aliphatic carbocycles. The maximum absolute atomic E-state index is 11.3. The molecule has 3 aromatic rings. The Hall–Kier alpha value is -3.54. The molecule has 6 heteroatoms. The number of furan rings is 2. The second-order valence-electron chi connectivity index (χ2n) is 6.35. The first-order chi connectivity index (χ1) is 13.0. The summed E-state index contributed by atoms with van der Waals surface area (Å²) in [6.07, 6.45) is 6.49. The van der Waals surface area contributed by atoms with Gasteiger partial charge < -0.3 is 19.0 Å². The minimum absolute atomic E-state index is 0.240. The number of hydrogen-bond acceptors (Lipinski definition) is 5. The second-order valence-corrected chi connectivity index (χ2v) is 6.35. The summed E-state index contributed by atoms with van der Waals surface area (Å²) in [7, 11) is 0. The van der Waals surface area contributed by atoms with Crippen LogP contribution in [0.25, 0.3) is 27.7 Å². The predicted octanol–water partition coefficient (Wildman–Crippen LogP) is 4.62. The quantitative estimate of drug-likeness (QED) is 0.692. The van der Waals surface area contributed by atoms with Crippen LogP contribution in [0.5, 0.6) is 0 Å². The van der Waals surface area contributed by atoms with Crippen LogP contribution in [0.15, 0.2) is 68.0 Å². The average molecular weight is 363 g/mol. The zero-order valence-corrected chi connectivity index (χ0v) is 14.6. The fourth-order valence-electron chi connectivity index (χ4n) is 3.24. The number of benzene rings is 1. The van der Waals surface area contributed by atoms with Crippen LogP contribution in [-0.4, -0.2) is 28.9 Å². The van der Waals surface area contributed by atoms with Gasteiger partial charge in [0.25, 0.3) is 0 Å². The van der Waals surface area contributed by atoms with Crippen LogP contribution in [0.2, 0.25) is 0 Å². The van der Waals surface area contributed by atoms with Crippen LogP contribution in [0.1, 0.15) is 18.2 Å². The van der Waals surface area contributed by atoms with Gasteiger partial charge in [-0.1, -0.05) is 12.1 Å². The van der Waals surface area contributed by atoms with E-state index in [-0.39, 0.29) is 11.3 Å². The molecule has 0 saturated heterocycles. The Labute approximate surface area is 154 Å². The van der Waals surface area contributed by atoms with E-state index in [0.29, 0.717) is 24.3 Å². The fourth-order valence-corrected chi connectivity index (χ4v) is 3.24. The van der Waals surface area contributed by atoms with E-state index in [1.54, 1.807) is 19.5 Å². The van der Waals surface area contributed by atoms with Crippen molar-refractivity contribution in [2.75, 3.05) is 6.54 Å². The van der Waals surface area contributed by atoms with Gasteiger partial charge in [-0.3, -0.25) is 4.99 Å². The number of hydrogen-bond donors (Lipinski definition) is 2. The van der Waals surface area contributed by atoms with Crippen molar-refractivity contribution in [2.45, 2.75) is 13.3 Å². The van der Waals surface area contributed by atoms with Crippen LogP contribution in [0.3, 0.4) is 0 Å². The van der Waals surface area contributed by atoms with Crippen LogP contribution in [-0.2, 0) is 11.2 Å². The van der Waals surface area contributed by atoms with Gasteiger partial charge in [-0.05, 0) is 42.7 Å². The summed E-state index contributed by atoms with van der Waals surface area (Å²) in [5, 5.41) is 20.4. The molecule has 136 valence electrons. The molecule has 0 saturated carbocycles. The molecule has 0 unspecified atom stereocenters. The second kappa shape index (κ2) is 6.64. The number of carboxylic acids is 1. The zero-order chi connectivity index (χ0) is 19.0. The number of nitrogens with zero attached hydrogens (tertiary/aromatic N) is 1. The average Bonchev–Trinajstić information content (AvgIpc) is 3.28. The van der Waals surface area contributed by atoms with Crippen LogP contribution >= 0.6 is 0 Å². The van der Waals surface area contributed by atoms with Gasteiger partial charge in [0.2, 0.25) is 0 Å². The molecule has 1 aliphatic heterocycles. The lowest BCUT2D eigenvalue weighted by atomic mass is 10.0. The molecule has 2 aromatic heterocycles. The topological polar surface area (TPSA) is 96.2 Å². The minimum atomic E-state index is -1.23. The van der Waals surface area contributed by atoms with Gasteiger partial charge in [0.1, 0.15) is 22.7 Å². The third kappa shape index (κ3) is 3.06. The summed E-state index contributed by atoms with van der Waals surface area (Å²) in [4.78, 5) is 15.4. The molecular weight excluding hydrogens is 346 g/mol. The van der Waals surface area contributed by atoms with Gasteiger partial charge in [-0.2, -0.15) is 0 Å². The summed E-state index contributed by atoms with van der Waals surface area (Å²) in [5.74, 6) is -0.950. The molecule has 1 aromatic carbocycles. The lowest BCUT2D eigenvalue weighted by Crippen LogP contribution is -2.07. The Morgan fingerprint density at radius 3 is 2.81 bits per heavy atom. The van der Waals surface area contributed by atoms with Gasteiger partial charge in [-0.15, -0.1) is 0 Å². The zero-order valence-electron chi connectivity index (χ0n) is 14.6. The smallest absolute Gasteiger partial charge is 0.341 e. The number of carbonyl (C=O) groups is 1. The van der Waals surface area contributed by atoms with E-state index in [4.69, 9.17) is 8.83 Å². The number of aliphatic hydroxyl groups excluding tert-OH is 1. The Bertz CT molecular complexity index is 1110. The van der Waals surface area contributed by atoms with Gasteiger partial charge >= 0.3 is 5.97 Å². The highest BCUT2D eigenvalue weighted by molar-refractivity contribution is 6.09. The monoisotopic (exact) mass is 363 g/mol. The molecule has 0 atom stereocenters. The highest BCUT2D eigenvalue weighted by atomic mass is 16.4. The molecular formula is C21H17NO5. The largest absolute Gasteiger partial charge is 0.507 e. The van der Waals surface area contributed by atoms with Gasteiger partial charge in [0, 0.05) is 29.3 Å². The number of aliphatic hydroxyl groups is 1. The molecule has 4 rings (SSSR count). The van der Waals surface area contributed by atoms with Crippen LogP contribution in [0.4, 0.5) is 0 Å². The maximum atomic E-state index is 11.3. The van der Waals surface area contributed by atoms with E-state index in [0.717, 1.165) is 27.7 Å². The van der Waals surface area contributed by atoms with E-state index in [9.17, 15) is 15.0 Å². The molecule has 0 fully saturated rings. The van der Waals surface area contributed by atoms with Crippen molar-refractivity contribution >= 4 is 28.7 Å². The third-order valence-corrected chi connectivity index (χ3v) is 4.58. The van der Waals surface area contributed by atoms with E-state index in [1.807, 2.05) is 24.3 Å². The molecule has 1 aliphatic rings. The number of fused-ring (bicyclic) bond motifs is 3. The third-order valence-electron chi connectivity index (χ3n) is 4.58. The number of carboxylic acid groups (broad SMARTS) is 1. The molecule has 0 amide bonds. The van der Waals surface area contributed by atoms with E-state index >= 15 is 0 Å². The summed E-state index contributed by atoms with van der Waals surface area (Å²) in [5.41, 5.74) is 4.05. The Kier molecular flexibility index (Phi) is 4.16. The van der Waals surface area contributed by atoms with Crippen molar-refractivity contribution in [1.82, 2.24) is 0 Å². The molecule has 3 heterocycles. The predicted molar refractivity (Wildman–Crippen MR) is 102 cm³/mol. The summed E-state index contributed by atoms with van der Waals surface area (Å²) < 4.78 is 11.2. The Balaban J connectivity index is 1.88. The summed E-state index contributed by atoms with van der Waals surface area (Å²) in [6, 6.07) is 7.83. The standard InChI is InChI=1S/C21H17NO5/c1-12-8-18(23)17(21(24)25)10-22-6-4-16-15-3-2-13(14-5-7-26-11-14)9-19(15)27-20(12)16/h2-3,5,7-11,23H,4,6H2,1H3,(H,24,25)/b12-8+,18-17-,22-10?. The normalized spacial score (nSPS) is 19.5. The molecule has 0 spiro atoms. The number of allylic oxidation sites excluding steroid dienone is 2. The maximum Gasteiger partial charge on any atom is 0.341 e. The van der Waals surface area contributed by atoms with Crippen molar-refractivity contribution < 1.29 is 23.8 Å². The minimum Gasteiger partial charge on any atom is -0.507 e. The Morgan fingerprint density at radius 1 is 1.22 bits per heavy atom. The van der Waals surface area contributed by atoms with Gasteiger partial charge in [-0.25, -0.2) is 4.79 Å². The number of aliphatic carboxylic acids is 1. The molecule has 27 heavy (non-hydrogen) atoms. The van der Waals surface area contributed by atoms with Gasteiger partial charge in [0.05, 0.1) is 12.5 Å². The van der Waals surface area contributed by atoms with Crippen molar-refractivity contribution in [3.8, 4) is 11.1 Å². The van der Waals surface area contributed by atoms with Crippen molar-refractivity contribution in [2.24, 2.45) is 4.99 Å². The van der Waals surface area contributed by atoms with E-state index in [2.05, 4.69) is 4.99 Å². The van der Waals surface area contributed by atoms with E-state index in [1.165, 1.54) is 12.3 Å². The first-order valence-corrected chi connectivity index (χ1v) is 8.47. The SMILES string of the molecule is C/C1=C\C(O)=C(\C(=O)O)C=NCCc2c1oc1cc(-c3ccoc3)ccc21. The molecule has 0 bridgehead atoms. The van der Waals surface area contributed by atoms with Crippen molar-refractivity contribution in [1.29, 1.82) is 0 Å². The number of aliphatic imine (C=N–C) groups is 1. The highest BCUT2D eigenvalue weighted by Gasteiger charge is 2.19. The first kappa shape index (κ1) is 16.9. The van der Waals surface area contributed by atoms with E-state index < -0.39 is 5.97 Å². The van der Waals surface area contributed by atoms with Crippen molar-refractivity contribution in [3.63, 3.8) is 0 Å². The molecule has 6 nitrogen and oxygen atoms in total. The number of rotatable bonds is 2. The Morgan fingerprint density at radius 2 is 2.07 bits per heavy atom. The molecule has 2 N–H and O–H groups in total. The highest BCUT2D eigenvalue weighted by Crippen LogP contribution is 2.34. The summed E-state index contributed by atoms with van der Waals surface area (Å²) >= 11 is 0. The van der Waals surface area contributed by atoms with Crippen molar-refractivity contribution in [3.05, 3.63) is 65.5 Å². The first-order valence-electron chi connectivity index (χ1n) is 8.47. The van der Waals surface area contributed by atoms with Crippen LogP contribution < -0.4 is 0 Å². The van der Waals surface area contributed by atoms with Crippen LogP contribution in [0, 0.1) is 0 Å². The lowest BCUT2D eigenvalue weighted by Gasteiger charge is -2.06.